The minimum absolute atomic E-state index is 0.00741. The van der Waals surface area contributed by atoms with Crippen molar-refractivity contribution in [2.45, 2.75) is 11.1 Å². The van der Waals surface area contributed by atoms with Gasteiger partial charge in [0.2, 0.25) is 0 Å². The molecule has 0 aromatic carbocycles. The second kappa shape index (κ2) is 5.31. The Morgan fingerprint density at radius 2 is 2.29 bits per heavy atom. The first-order valence-corrected chi connectivity index (χ1v) is 7.01. The van der Waals surface area contributed by atoms with Gasteiger partial charge in [0.05, 0.1) is 12.1 Å². The molecule has 17 heavy (non-hydrogen) atoms. The smallest absolute Gasteiger partial charge is 0.336 e. The molecule has 0 atom stereocenters. The lowest BCUT2D eigenvalue weighted by atomic mass is 10.4. The van der Waals surface area contributed by atoms with E-state index in [1.54, 1.807) is 6.92 Å². The van der Waals surface area contributed by atoms with Gasteiger partial charge < -0.3 is 5.11 Å². The molecule has 0 aliphatic heterocycles. The van der Waals surface area contributed by atoms with E-state index in [4.69, 9.17) is 11.5 Å². The summed E-state index contributed by atoms with van der Waals surface area (Å²) < 4.78 is 25.2. The zero-order valence-corrected chi connectivity index (χ0v) is 10.7. The first-order chi connectivity index (χ1) is 7.93. The molecule has 0 aliphatic rings. The summed E-state index contributed by atoms with van der Waals surface area (Å²) >= 11 is 0.875. The van der Waals surface area contributed by atoms with Gasteiger partial charge in [0.1, 0.15) is 4.21 Å². The van der Waals surface area contributed by atoms with Crippen LogP contribution in [0.4, 0.5) is 0 Å². The maximum absolute atomic E-state index is 12.0. The second-order valence-corrected chi connectivity index (χ2v) is 6.17. The Kier molecular flexibility index (Phi) is 4.28. The first-order valence-electron chi connectivity index (χ1n) is 4.69. The lowest BCUT2D eigenvalue weighted by Gasteiger charge is -2.16. The SMILES string of the molecule is C#CCN(CC)S(=O)(=O)c1cc(C(=O)O)cs1. The Labute approximate surface area is 104 Å². The molecule has 92 valence electrons. The van der Waals surface area contributed by atoms with Crippen molar-refractivity contribution in [1.29, 1.82) is 0 Å². The highest BCUT2D eigenvalue weighted by Crippen LogP contribution is 2.23. The highest BCUT2D eigenvalue weighted by Gasteiger charge is 2.25. The van der Waals surface area contributed by atoms with Crippen LogP contribution in [0.2, 0.25) is 0 Å². The van der Waals surface area contributed by atoms with Gasteiger partial charge in [-0.1, -0.05) is 12.8 Å². The van der Waals surface area contributed by atoms with Crippen LogP contribution >= 0.6 is 11.3 Å². The molecule has 0 saturated carbocycles. The number of carboxylic acid groups (broad SMARTS) is 1. The summed E-state index contributed by atoms with van der Waals surface area (Å²) in [5, 5.41) is 10.0. The first kappa shape index (κ1) is 13.7. The fraction of sp³-hybridized carbons (Fsp3) is 0.300. The highest BCUT2D eigenvalue weighted by molar-refractivity contribution is 7.91. The van der Waals surface area contributed by atoms with Crippen molar-refractivity contribution in [3.05, 3.63) is 17.0 Å². The van der Waals surface area contributed by atoms with Crippen LogP contribution in [0.1, 0.15) is 17.3 Å². The monoisotopic (exact) mass is 273 g/mol. The van der Waals surface area contributed by atoms with Gasteiger partial charge in [-0.2, -0.15) is 4.31 Å². The van der Waals surface area contributed by atoms with Crippen molar-refractivity contribution in [1.82, 2.24) is 4.31 Å². The number of carbonyl (C=O) groups is 1. The summed E-state index contributed by atoms with van der Waals surface area (Å²) in [5.41, 5.74) is -0.0367. The van der Waals surface area contributed by atoms with E-state index in [1.807, 2.05) is 0 Å². The van der Waals surface area contributed by atoms with E-state index in [-0.39, 0.29) is 22.9 Å². The zero-order valence-electron chi connectivity index (χ0n) is 9.08. The molecule has 0 amide bonds. The van der Waals surface area contributed by atoms with Crippen LogP contribution in [0.15, 0.2) is 15.7 Å². The summed E-state index contributed by atoms with van der Waals surface area (Å²) in [7, 11) is -3.68. The third-order valence-corrected chi connectivity index (χ3v) is 5.37. The second-order valence-electron chi connectivity index (χ2n) is 3.09. The Bertz CT molecular complexity index is 553. The van der Waals surface area contributed by atoms with Crippen LogP contribution < -0.4 is 0 Å². The topological polar surface area (TPSA) is 74.7 Å². The van der Waals surface area contributed by atoms with Crippen molar-refractivity contribution in [2.24, 2.45) is 0 Å². The molecule has 1 N–H and O–H groups in total. The normalized spacial score (nSPS) is 11.4. The van der Waals surface area contributed by atoms with E-state index in [1.165, 1.54) is 5.38 Å². The minimum Gasteiger partial charge on any atom is -0.478 e. The van der Waals surface area contributed by atoms with Gasteiger partial charge in [0.15, 0.2) is 0 Å². The van der Waals surface area contributed by atoms with Crippen molar-refractivity contribution in [3.8, 4) is 12.3 Å². The number of rotatable bonds is 5. The van der Waals surface area contributed by atoms with Crippen molar-refractivity contribution < 1.29 is 18.3 Å². The highest BCUT2D eigenvalue weighted by atomic mass is 32.2. The van der Waals surface area contributed by atoms with Crippen LogP contribution in [-0.2, 0) is 10.0 Å². The molecular weight excluding hydrogens is 262 g/mol. The van der Waals surface area contributed by atoms with E-state index >= 15 is 0 Å². The quantitative estimate of drug-likeness (QED) is 0.815. The fourth-order valence-electron chi connectivity index (χ4n) is 1.16. The predicted molar refractivity (Wildman–Crippen MR) is 64.5 cm³/mol. The van der Waals surface area contributed by atoms with Crippen molar-refractivity contribution in [2.75, 3.05) is 13.1 Å². The van der Waals surface area contributed by atoms with Gasteiger partial charge in [-0.05, 0) is 6.07 Å². The van der Waals surface area contributed by atoms with Gasteiger partial charge in [-0.3, -0.25) is 0 Å². The molecule has 0 aliphatic carbocycles. The molecule has 7 heteroatoms. The molecule has 1 aromatic rings. The van der Waals surface area contributed by atoms with Crippen LogP contribution in [0, 0.1) is 12.3 Å². The van der Waals surface area contributed by atoms with Crippen LogP contribution in [0.3, 0.4) is 0 Å². The van der Waals surface area contributed by atoms with E-state index in [0.717, 1.165) is 21.7 Å². The van der Waals surface area contributed by atoms with Crippen molar-refractivity contribution in [3.63, 3.8) is 0 Å². The zero-order chi connectivity index (χ0) is 13.1. The average molecular weight is 273 g/mol. The summed E-state index contributed by atoms with van der Waals surface area (Å²) in [6.45, 7) is 1.88. The molecule has 0 radical (unpaired) electrons. The molecule has 0 bridgehead atoms. The number of terminal acetylenes is 1. The van der Waals surface area contributed by atoms with Gasteiger partial charge in [0.25, 0.3) is 10.0 Å². The Balaban J connectivity index is 3.12. The van der Waals surface area contributed by atoms with Crippen LogP contribution in [0.25, 0.3) is 0 Å². The van der Waals surface area contributed by atoms with Gasteiger partial charge in [0, 0.05) is 11.9 Å². The summed E-state index contributed by atoms with van der Waals surface area (Å²) in [4.78, 5) is 10.7. The standard InChI is InChI=1S/C10H11NO4S2/c1-3-5-11(4-2)17(14,15)9-6-8(7-16-9)10(12)13/h1,6-7H,4-5H2,2H3,(H,12,13). The van der Waals surface area contributed by atoms with E-state index in [9.17, 15) is 13.2 Å². The molecule has 0 unspecified atom stereocenters. The number of nitrogens with zero attached hydrogens (tertiary/aromatic N) is 1. The summed E-state index contributed by atoms with van der Waals surface area (Å²) in [5.74, 6) is 1.11. The third kappa shape index (κ3) is 2.85. The molecule has 1 aromatic heterocycles. The average Bonchev–Trinajstić information content (AvgIpc) is 2.75. The molecule has 1 rings (SSSR count). The van der Waals surface area contributed by atoms with Gasteiger partial charge >= 0.3 is 5.97 Å². The molecular formula is C10H11NO4S2. The number of carboxylic acids is 1. The lowest BCUT2D eigenvalue weighted by Crippen LogP contribution is -2.30. The number of thiophene rings is 1. The Morgan fingerprint density at radius 1 is 1.65 bits per heavy atom. The Morgan fingerprint density at radius 3 is 2.71 bits per heavy atom. The lowest BCUT2D eigenvalue weighted by molar-refractivity contribution is 0.0697. The molecule has 0 spiro atoms. The number of hydrogen-bond acceptors (Lipinski definition) is 4. The molecule has 0 fully saturated rings. The van der Waals surface area contributed by atoms with E-state index < -0.39 is 16.0 Å². The molecule has 1 heterocycles. The van der Waals surface area contributed by atoms with E-state index in [0.29, 0.717) is 0 Å². The number of aromatic carboxylic acids is 1. The van der Waals surface area contributed by atoms with E-state index in [2.05, 4.69) is 5.92 Å². The summed E-state index contributed by atoms with van der Waals surface area (Å²) in [6, 6.07) is 1.14. The number of hydrogen-bond donors (Lipinski definition) is 1. The third-order valence-electron chi connectivity index (χ3n) is 2.04. The van der Waals surface area contributed by atoms with Gasteiger partial charge in [-0.15, -0.1) is 17.8 Å². The van der Waals surface area contributed by atoms with Crippen LogP contribution in [-0.4, -0.2) is 36.9 Å². The van der Waals surface area contributed by atoms with Crippen LogP contribution in [0.5, 0.6) is 0 Å². The number of sulfonamides is 1. The largest absolute Gasteiger partial charge is 0.478 e. The maximum atomic E-state index is 12.0. The summed E-state index contributed by atoms with van der Waals surface area (Å²) in [6.07, 6.45) is 5.09. The maximum Gasteiger partial charge on any atom is 0.336 e. The Hall–Kier alpha value is -1.36. The fourth-order valence-corrected chi connectivity index (χ4v) is 3.83. The molecule has 0 saturated heterocycles. The van der Waals surface area contributed by atoms with Crippen molar-refractivity contribution >= 4 is 27.3 Å². The molecule has 5 nitrogen and oxygen atoms in total. The minimum atomic E-state index is -3.68. The van der Waals surface area contributed by atoms with Gasteiger partial charge in [-0.25, -0.2) is 13.2 Å². The predicted octanol–water partition coefficient (Wildman–Crippen LogP) is 1.09.